The first kappa shape index (κ1) is 17.0. The lowest BCUT2D eigenvalue weighted by atomic mass is 10.1. The Morgan fingerprint density at radius 3 is 2.62 bits per heavy atom. The molecule has 0 aliphatic carbocycles. The minimum Gasteiger partial charge on any atom is -0.320 e. The van der Waals surface area contributed by atoms with Crippen molar-refractivity contribution in [2.45, 2.75) is 19.9 Å². The van der Waals surface area contributed by atoms with Gasteiger partial charge in [0.2, 0.25) is 0 Å². The molecule has 0 aliphatic rings. The third kappa shape index (κ3) is 4.47. The number of hydrogen-bond donors (Lipinski definition) is 2. The van der Waals surface area contributed by atoms with Gasteiger partial charge in [0.05, 0.1) is 23.3 Å². The summed E-state index contributed by atoms with van der Waals surface area (Å²) in [6.45, 7) is 3.77. The lowest BCUT2D eigenvalue weighted by molar-refractivity contribution is -0.123. The normalized spacial score (nSPS) is 12.4. The number of halogens is 1. The predicted octanol–water partition coefficient (Wildman–Crippen LogP) is 1.48. The molecule has 0 saturated carbocycles. The van der Waals surface area contributed by atoms with E-state index in [2.05, 4.69) is 20.5 Å². The van der Waals surface area contributed by atoms with Crippen molar-refractivity contribution in [1.82, 2.24) is 15.4 Å². The highest BCUT2D eigenvalue weighted by Crippen LogP contribution is 2.09. The van der Waals surface area contributed by atoms with E-state index < -0.39 is 6.04 Å². The molecule has 7 heteroatoms. The molecule has 2 aromatic rings. The third-order valence-corrected chi connectivity index (χ3v) is 2.90. The molecule has 21 heavy (non-hydrogen) atoms. The molecule has 1 atom stereocenters. The van der Waals surface area contributed by atoms with E-state index in [9.17, 15) is 4.79 Å². The third-order valence-electron chi connectivity index (χ3n) is 2.90. The van der Waals surface area contributed by atoms with Crippen LogP contribution in [-0.4, -0.2) is 28.1 Å². The van der Waals surface area contributed by atoms with E-state index in [-0.39, 0.29) is 24.2 Å². The second-order valence-electron chi connectivity index (χ2n) is 4.81. The molecule has 1 unspecified atom stereocenters. The number of benzene rings is 1. The van der Waals surface area contributed by atoms with Crippen LogP contribution >= 0.6 is 12.4 Å². The van der Waals surface area contributed by atoms with E-state index in [0.29, 0.717) is 0 Å². The summed E-state index contributed by atoms with van der Waals surface area (Å²) in [5.74, 6) is -0.224. The molecule has 6 nitrogen and oxygen atoms in total. The van der Waals surface area contributed by atoms with Crippen molar-refractivity contribution in [3.63, 3.8) is 0 Å². The number of fused-ring (bicyclic) bond motifs is 1. The molecule has 1 aromatic heterocycles. The number of nitrogens with zero attached hydrogens (tertiary/aromatic N) is 3. The molecule has 112 valence electrons. The average Bonchev–Trinajstić information content (AvgIpc) is 2.46. The highest BCUT2D eigenvalue weighted by molar-refractivity contribution is 5.88. The van der Waals surface area contributed by atoms with Gasteiger partial charge < -0.3 is 5.73 Å². The second-order valence-corrected chi connectivity index (χ2v) is 4.81. The number of carbonyl (C=O) groups is 1. The number of hydrogen-bond acceptors (Lipinski definition) is 5. The fourth-order valence-corrected chi connectivity index (χ4v) is 1.61. The summed E-state index contributed by atoms with van der Waals surface area (Å²) in [5.41, 5.74) is 10.6. The van der Waals surface area contributed by atoms with Gasteiger partial charge in [0.15, 0.2) is 0 Å². The van der Waals surface area contributed by atoms with E-state index in [4.69, 9.17) is 5.73 Å². The summed E-state index contributed by atoms with van der Waals surface area (Å²) in [4.78, 5) is 20.0. The summed E-state index contributed by atoms with van der Waals surface area (Å²) in [6.07, 6.45) is 4.83. The summed E-state index contributed by atoms with van der Waals surface area (Å²) in [6, 6.07) is 5.00. The lowest BCUT2D eigenvalue weighted by Crippen LogP contribution is -2.42. The van der Waals surface area contributed by atoms with Gasteiger partial charge in [0.25, 0.3) is 5.91 Å². The van der Waals surface area contributed by atoms with Crippen molar-refractivity contribution in [2.24, 2.45) is 16.8 Å². The first-order valence-electron chi connectivity index (χ1n) is 6.37. The summed E-state index contributed by atoms with van der Waals surface area (Å²) in [7, 11) is 0. The van der Waals surface area contributed by atoms with Crippen LogP contribution in [0.25, 0.3) is 11.0 Å². The Balaban J connectivity index is 0.00000220. The Kier molecular flexibility index (Phi) is 6.20. The van der Waals surface area contributed by atoms with Crippen LogP contribution in [0.3, 0.4) is 0 Å². The number of rotatable bonds is 4. The molecule has 1 heterocycles. The van der Waals surface area contributed by atoms with Crippen molar-refractivity contribution >= 4 is 35.6 Å². The Bertz CT molecular complexity index is 644. The van der Waals surface area contributed by atoms with E-state index in [1.54, 1.807) is 18.6 Å². The van der Waals surface area contributed by atoms with Crippen molar-refractivity contribution in [3.05, 3.63) is 36.2 Å². The van der Waals surface area contributed by atoms with Crippen LogP contribution in [0.5, 0.6) is 0 Å². The molecule has 1 aromatic carbocycles. The van der Waals surface area contributed by atoms with Crippen LogP contribution in [0.15, 0.2) is 35.7 Å². The zero-order valence-corrected chi connectivity index (χ0v) is 12.7. The Hall–Kier alpha value is -2.05. The molecular formula is C14H18ClN5O. The van der Waals surface area contributed by atoms with Gasteiger partial charge in [-0.3, -0.25) is 14.8 Å². The molecule has 0 spiro atoms. The molecule has 0 fully saturated rings. The molecule has 1 amide bonds. The molecular weight excluding hydrogens is 290 g/mol. The summed E-state index contributed by atoms with van der Waals surface area (Å²) < 4.78 is 0. The van der Waals surface area contributed by atoms with Crippen molar-refractivity contribution in [3.8, 4) is 0 Å². The topological polar surface area (TPSA) is 93.3 Å². The zero-order valence-electron chi connectivity index (χ0n) is 11.9. The van der Waals surface area contributed by atoms with Crippen LogP contribution in [0.1, 0.15) is 19.4 Å². The number of amides is 1. The highest BCUT2D eigenvalue weighted by atomic mass is 35.5. The molecule has 0 saturated heterocycles. The number of carbonyl (C=O) groups excluding carboxylic acids is 1. The molecule has 0 aliphatic heterocycles. The maximum atomic E-state index is 11.6. The molecule has 0 radical (unpaired) electrons. The van der Waals surface area contributed by atoms with Crippen LogP contribution in [0.2, 0.25) is 0 Å². The predicted molar refractivity (Wildman–Crippen MR) is 85.3 cm³/mol. The smallest absolute Gasteiger partial charge is 0.257 e. The lowest BCUT2D eigenvalue weighted by Gasteiger charge is -2.12. The van der Waals surface area contributed by atoms with Gasteiger partial charge in [-0.25, -0.2) is 5.43 Å². The number of hydrazone groups is 1. The largest absolute Gasteiger partial charge is 0.320 e. The van der Waals surface area contributed by atoms with Crippen molar-refractivity contribution < 1.29 is 4.79 Å². The highest BCUT2D eigenvalue weighted by Gasteiger charge is 2.15. The van der Waals surface area contributed by atoms with E-state index in [1.165, 1.54) is 0 Å². The van der Waals surface area contributed by atoms with Gasteiger partial charge in [-0.05, 0) is 23.6 Å². The van der Waals surface area contributed by atoms with Gasteiger partial charge in [0, 0.05) is 12.4 Å². The standard InChI is InChI=1S/C14H17N5O.ClH/c1-9(2)13(15)14(20)19-18-8-10-3-4-11-12(7-10)17-6-5-16-11;/h3-9,13H,15H2,1-2H3,(H,19,20);1H/b18-8+;. The van der Waals surface area contributed by atoms with E-state index in [0.717, 1.165) is 16.6 Å². The molecule has 0 bridgehead atoms. The maximum absolute atomic E-state index is 11.6. The fraction of sp³-hybridized carbons (Fsp3) is 0.286. The van der Waals surface area contributed by atoms with E-state index in [1.807, 2.05) is 32.0 Å². The number of aromatic nitrogens is 2. The molecule has 2 rings (SSSR count). The summed E-state index contributed by atoms with van der Waals surface area (Å²) in [5, 5.41) is 3.90. The Labute approximate surface area is 129 Å². The SMILES string of the molecule is CC(C)C(N)C(=O)N/N=C/c1ccc2nccnc2c1.Cl. The van der Waals surface area contributed by atoms with Gasteiger partial charge >= 0.3 is 0 Å². The number of nitrogens with one attached hydrogen (secondary N) is 1. The quantitative estimate of drug-likeness (QED) is 0.661. The zero-order chi connectivity index (χ0) is 14.5. The van der Waals surface area contributed by atoms with Gasteiger partial charge in [-0.1, -0.05) is 19.9 Å². The van der Waals surface area contributed by atoms with Gasteiger partial charge in [-0.15, -0.1) is 12.4 Å². The van der Waals surface area contributed by atoms with Crippen LogP contribution < -0.4 is 11.2 Å². The van der Waals surface area contributed by atoms with Crippen LogP contribution in [-0.2, 0) is 4.79 Å². The Morgan fingerprint density at radius 1 is 1.29 bits per heavy atom. The van der Waals surface area contributed by atoms with Crippen LogP contribution in [0, 0.1) is 5.92 Å². The fourth-order valence-electron chi connectivity index (χ4n) is 1.61. The molecule has 3 N–H and O–H groups in total. The van der Waals surface area contributed by atoms with Gasteiger partial charge in [-0.2, -0.15) is 5.10 Å². The minimum atomic E-state index is -0.561. The van der Waals surface area contributed by atoms with E-state index >= 15 is 0 Å². The van der Waals surface area contributed by atoms with Gasteiger partial charge in [0.1, 0.15) is 0 Å². The minimum absolute atomic E-state index is 0. The van der Waals surface area contributed by atoms with Crippen molar-refractivity contribution in [2.75, 3.05) is 0 Å². The number of nitrogens with two attached hydrogens (primary N) is 1. The Morgan fingerprint density at radius 2 is 1.95 bits per heavy atom. The van der Waals surface area contributed by atoms with Crippen LogP contribution in [0.4, 0.5) is 0 Å². The maximum Gasteiger partial charge on any atom is 0.257 e. The monoisotopic (exact) mass is 307 g/mol. The summed E-state index contributed by atoms with van der Waals surface area (Å²) >= 11 is 0. The first-order valence-corrected chi connectivity index (χ1v) is 6.37. The first-order chi connectivity index (χ1) is 9.58. The average molecular weight is 308 g/mol. The second kappa shape index (κ2) is 7.66. The van der Waals surface area contributed by atoms with Crippen molar-refractivity contribution in [1.29, 1.82) is 0 Å².